The Bertz CT molecular complexity index is 516. The average Bonchev–Trinajstić information content (AvgIpc) is 2.22. The summed E-state index contributed by atoms with van der Waals surface area (Å²) in [7, 11) is 0. The Morgan fingerprint density at radius 3 is 2.00 bits per heavy atom. The lowest BCUT2D eigenvalue weighted by Crippen LogP contribution is -2.22. The van der Waals surface area contributed by atoms with Crippen LogP contribution < -0.4 is 5.73 Å². The van der Waals surface area contributed by atoms with E-state index in [0.29, 0.717) is 16.3 Å². The van der Waals surface area contributed by atoms with Crippen LogP contribution in [0.1, 0.15) is 33.2 Å². The van der Waals surface area contributed by atoms with Gasteiger partial charge in [0.05, 0.1) is 17.2 Å². The van der Waals surface area contributed by atoms with Gasteiger partial charge in [0.25, 0.3) is 5.91 Å². The molecule has 0 spiro atoms. The number of amides is 1. The Kier molecular flexibility index (Phi) is 6.26. The SMILES string of the molecule is CC(O)Cc1c(I)c(C(N)=O)c(I)c(C(=O)O)c1I. The maximum absolute atomic E-state index is 11.5. The molecule has 0 aliphatic rings. The van der Waals surface area contributed by atoms with Gasteiger partial charge in [-0.25, -0.2) is 4.79 Å². The van der Waals surface area contributed by atoms with Gasteiger partial charge in [-0.1, -0.05) is 0 Å². The highest BCUT2D eigenvalue weighted by Crippen LogP contribution is 2.32. The van der Waals surface area contributed by atoms with Crippen LogP contribution in [0.25, 0.3) is 0 Å². The lowest BCUT2D eigenvalue weighted by molar-refractivity contribution is 0.0694. The zero-order chi connectivity index (χ0) is 14.9. The Morgan fingerprint density at radius 2 is 1.63 bits per heavy atom. The van der Waals surface area contributed by atoms with Crippen molar-refractivity contribution >= 4 is 79.6 Å². The maximum atomic E-state index is 11.5. The smallest absolute Gasteiger partial charge is 0.337 e. The first-order valence-corrected chi connectivity index (χ1v) is 8.32. The number of halogens is 3. The predicted molar refractivity (Wildman–Crippen MR) is 95.5 cm³/mol. The van der Waals surface area contributed by atoms with E-state index >= 15 is 0 Å². The fourth-order valence-corrected chi connectivity index (χ4v) is 6.19. The highest BCUT2D eigenvalue weighted by atomic mass is 127. The summed E-state index contributed by atoms with van der Waals surface area (Å²) in [6, 6.07) is 0. The van der Waals surface area contributed by atoms with Gasteiger partial charge in [-0.2, -0.15) is 0 Å². The minimum absolute atomic E-state index is 0.0612. The second kappa shape index (κ2) is 6.85. The van der Waals surface area contributed by atoms with Crippen molar-refractivity contribution in [1.82, 2.24) is 0 Å². The molecule has 1 amide bonds. The fourth-order valence-electron chi connectivity index (χ4n) is 1.59. The average molecular weight is 601 g/mol. The van der Waals surface area contributed by atoms with Crippen molar-refractivity contribution < 1.29 is 19.8 Å². The fraction of sp³-hybridized carbons (Fsp3) is 0.273. The highest BCUT2D eigenvalue weighted by Gasteiger charge is 2.26. The number of rotatable bonds is 4. The lowest BCUT2D eigenvalue weighted by atomic mass is 10.0. The number of carboxylic acids is 1. The summed E-state index contributed by atoms with van der Waals surface area (Å²) >= 11 is 5.71. The largest absolute Gasteiger partial charge is 0.478 e. The van der Waals surface area contributed by atoms with Gasteiger partial charge in [0.15, 0.2) is 0 Å². The van der Waals surface area contributed by atoms with E-state index in [1.54, 1.807) is 6.92 Å². The third kappa shape index (κ3) is 3.69. The molecule has 0 bridgehead atoms. The van der Waals surface area contributed by atoms with Crippen molar-refractivity contribution in [3.05, 3.63) is 27.4 Å². The van der Waals surface area contributed by atoms with Gasteiger partial charge in [-0.3, -0.25) is 4.79 Å². The number of aliphatic hydroxyl groups is 1. The van der Waals surface area contributed by atoms with Gasteiger partial charge in [0, 0.05) is 17.1 Å². The molecule has 0 aromatic heterocycles. The van der Waals surface area contributed by atoms with E-state index in [1.807, 2.05) is 67.8 Å². The molecule has 0 saturated carbocycles. The number of aliphatic hydroxyl groups excluding tert-OH is 1. The van der Waals surface area contributed by atoms with Crippen LogP contribution in [0.15, 0.2) is 0 Å². The summed E-state index contributed by atoms with van der Waals surface area (Å²) in [5.41, 5.74) is 6.23. The summed E-state index contributed by atoms with van der Waals surface area (Å²) in [5.74, 6) is -1.78. The van der Waals surface area contributed by atoms with Crippen molar-refractivity contribution in [3.63, 3.8) is 0 Å². The molecule has 0 radical (unpaired) electrons. The third-order valence-electron chi connectivity index (χ3n) is 2.37. The van der Waals surface area contributed by atoms with Crippen molar-refractivity contribution in [2.45, 2.75) is 19.4 Å². The number of benzene rings is 1. The van der Waals surface area contributed by atoms with Crippen LogP contribution in [0.3, 0.4) is 0 Å². The van der Waals surface area contributed by atoms with Gasteiger partial charge in [-0.15, -0.1) is 0 Å². The molecule has 1 unspecified atom stereocenters. The molecule has 19 heavy (non-hydrogen) atoms. The molecule has 1 atom stereocenters. The quantitative estimate of drug-likeness (QED) is 0.462. The topological polar surface area (TPSA) is 101 Å². The zero-order valence-electron chi connectivity index (χ0n) is 9.71. The van der Waals surface area contributed by atoms with Gasteiger partial charge in [0.1, 0.15) is 0 Å². The summed E-state index contributed by atoms with van der Waals surface area (Å²) in [6.45, 7) is 1.61. The lowest BCUT2D eigenvalue weighted by Gasteiger charge is -2.17. The molecule has 1 rings (SSSR count). The normalized spacial score (nSPS) is 12.3. The first kappa shape index (κ1) is 17.4. The minimum Gasteiger partial charge on any atom is -0.478 e. The van der Waals surface area contributed by atoms with Crippen molar-refractivity contribution in [1.29, 1.82) is 0 Å². The van der Waals surface area contributed by atoms with Crippen LogP contribution >= 0.6 is 67.8 Å². The summed E-state index contributed by atoms with van der Waals surface area (Å²) in [4.78, 5) is 22.9. The molecule has 0 saturated heterocycles. The molecule has 1 aromatic rings. The van der Waals surface area contributed by atoms with Crippen molar-refractivity contribution in [2.75, 3.05) is 0 Å². The Labute approximate surface area is 150 Å². The number of carbonyl (C=O) groups is 2. The predicted octanol–water partition coefficient (Wildman–Crippen LogP) is 2.22. The second-order valence-corrected chi connectivity index (χ2v) is 7.13. The molecular weight excluding hydrogens is 591 g/mol. The first-order chi connectivity index (χ1) is 8.68. The second-order valence-electron chi connectivity index (χ2n) is 3.89. The van der Waals surface area contributed by atoms with Crippen LogP contribution in [0.5, 0.6) is 0 Å². The minimum atomic E-state index is -1.11. The number of hydrogen-bond acceptors (Lipinski definition) is 3. The van der Waals surface area contributed by atoms with E-state index in [4.69, 9.17) is 5.73 Å². The number of primary amides is 1. The highest BCUT2D eigenvalue weighted by molar-refractivity contribution is 14.1. The standard InChI is InChI=1S/C11H10I3NO4/c1-3(16)2-4-7(12)5(10(15)17)9(14)6(8(4)13)11(18)19/h3,16H,2H2,1H3,(H2,15,17)(H,18,19). The van der Waals surface area contributed by atoms with Gasteiger partial charge < -0.3 is 15.9 Å². The van der Waals surface area contributed by atoms with Crippen molar-refractivity contribution in [3.8, 4) is 0 Å². The van der Waals surface area contributed by atoms with E-state index in [1.165, 1.54) is 0 Å². The van der Waals surface area contributed by atoms with Crippen LogP contribution in [-0.2, 0) is 6.42 Å². The Hall–Kier alpha value is 0.310. The summed E-state index contributed by atoms with van der Waals surface area (Å²) in [6.07, 6.45) is -0.363. The van der Waals surface area contributed by atoms with E-state index < -0.39 is 18.0 Å². The third-order valence-corrected chi connectivity index (χ3v) is 5.83. The number of carbonyl (C=O) groups excluding carboxylic acids is 1. The Balaban J connectivity index is 3.74. The molecule has 104 valence electrons. The molecule has 5 nitrogen and oxygen atoms in total. The molecule has 0 fully saturated rings. The van der Waals surface area contributed by atoms with E-state index in [9.17, 15) is 19.8 Å². The molecule has 0 heterocycles. The molecule has 1 aromatic carbocycles. The summed E-state index contributed by atoms with van der Waals surface area (Å²) < 4.78 is 1.47. The monoisotopic (exact) mass is 601 g/mol. The maximum Gasteiger partial charge on any atom is 0.337 e. The summed E-state index contributed by atoms with van der Waals surface area (Å²) in [5, 5.41) is 18.8. The van der Waals surface area contributed by atoms with E-state index in [-0.39, 0.29) is 17.5 Å². The molecule has 4 N–H and O–H groups in total. The zero-order valence-corrected chi connectivity index (χ0v) is 16.2. The molecule has 8 heteroatoms. The van der Waals surface area contributed by atoms with Gasteiger partial charge in [0.2, 0.25) is 0 Å². The number of hydrogen-bond donors (Lipinski definition) is 3. The Morgan fingerprint density at radius 1 is 1.16 bits per heavy atom. The van der Waals surface area contributed by atoms with Crippen LogP contribution in [0, 0.1) is 10.7 Å². The first-order valence-electron chi connectivity index (χ1n) is 5.08. The number of nitrogens with two attached hydrogens (primary N) is 1. The van der Waals surface area contributed by atoms with Gasteiger partial charge >= 0.3 is 5.97 Å². The van der Waals surface area contributed by atoms with Crippen molar-refractivity contribution in [2.24, 2.45) is 5.73 Å². The van der Waals surface area contributed by atoms with Gasteiger partial charge in [-0.05, 0) is 80.3 Å². The van der Waals surface area contributed by atoms with Crippen LogP contribution in [0.4, 0.5) is 0 Å². The molecular formula is C11H10I3NO4. The van der Waals surface area contributed by atoms with E-state index in [2.05, 4.69) is 0 Å². The van der Waals surface area contributed by atoms with Crippen LogP contribution in [-0.4, -0.2) is 28.2 Å². The number of aromatic carboxylic acids is 1. The number of carboxylic acid groups (broad SMARTS) is 1. The molecule has 0 aliphatic carbocycles. The van der Waals surface area contributed by atoms with E-state index in [0.717, 1.165) is 0 Å². The molecule has 0 aliphatic heterocycles. The van der Waals surface area contributed by atoms with Crippen LogP contribution in [0.2, 0.25) is 0 Å².